The van der Waals surface area contributed by atoms with Gasteiger partial charge in [-0.1, -0.05) is 89.9 Å². The lowest BCUT2D eigenvalue weighted by Crippen LogP contribution is -2.42. The Labute approximate surface area is 242 Å². The van der Waals surface area contributed by atoms with Crippen LogP contribution in [-0.4, -0.2) is 31.4 Å². The minimum atomic E-state index is -3.88. The van der Waals surface area contributed by atoms with Gasteiger partial charge in [-0.3, -0.25) is 4.79 Å². The molecular weight excluding hydrogens is 571 g/mol. The number of carboxylic acids is 1. The lowest BCUT2D eigenvalue weighted by molar-refractivity contribution is -0.139. The second-order valence-corrected chi connectivity index (χ2v) is 11.9. The van der Waals surface area contributed by atoms with Crippen molar-refractivity contribution >= 4 is 45.1 Å². The summed E-state index contributed by atoms with van der Waals surface area (Å²) in [4.78, 5) is 24.9. The van der Waals surface area contributed by atoms with Crippen molar-refractivity contribution in [3.8, 4) is 11.1 Å². The second-order valence-electron chi connectivity index (χ2n) is 9.21. The van der Waals surface area contributed by atoms with E-state index >= 15 is 0 Å². The third kappa shape index (κ3) is 7.49. The van der Waals surface area contributed by atoms with E-state index in [1.165, 1.54) is 24.3 Å². The molecule has 0 aliphatic heterocycles. The lowest BCUT2D eigenvalue weighted by Gasteiger charge is -2.16. The van der Waals surface area contributed by atoms with E-state index in [1.807, 2.05) is 54.6 Å². The molecule has 1 atom stereocenters. The number of benzene rings is 4. The fourth-order valence-corrected chi connectivity index (χ4v) is 5.91. The van der Waals surface area contributed by atoms with Crippen molar-refractivity contribution in [2.75, 3.05) is 0 Å². The monoisotopic (exact) mass is 596 g/mol. The summed E-state index contributed by atoms with van der Waals surface area (Å²) in [5, 5.41) is 12.7. The average Bonchev–Trinajstić information content (AvgIpc) is 2.92. The zero-order valence-electron chi connectivity index (χ0n) is 21.4. The fourth-order valence-electron chi connectivity index (χ4n) is 4.17. The molecule has 0 unspecified atom stereocenters. The van der Waals surface area contributed by atoms with Crippen molar-refractivity contribution in [1.82, 2.24) is 10.0 Å². The Bertz CT molecular complexity index is 1620. The van der Waals surface area contributed by atoms with Crippen LogP contribution in [0.3, 0.4) is 0 Å². The van der Waals surface area contributed by atoms with Gasteiger partial charge in [-0.05, 0) is 59.0 Å². The molecule has 7 nitrogen and oxygen atoms in total. The van der Waals surface area contributed by atoms with E-state index in [0.29, 0.717) is 16.7 Å². The SMILES string of the molecule is Cc1cc(CNS(=O)(=O)c2cc(Cl)cc(Cl)c2)ccc1C(=O)N[C@@H](Cc1ccc(-c2ccccc2)cc1)C(=O)O. The van der Waals surface area contributed by atoms with E-state index in [1.54, 1.807) is 19.1 Å². The molecule has 0 fully saturated rings. The van der Waals surface area contributed by atoms with Crippen LogP contribution in [0.5, 0.6) is 0 Å². The van der Waals surface area contributed by atoms with Gasteiger partial charge in [0.05, 0.1) is 4.90 Å². The zero-order valence-corrected chi connectivity index (χ0v) is 23.7. The van der Waals surface area contributed by atoms with Gasteiger partial charge in [-0.2, -0.15) is 0 Å². The molecule has 206 valence electrons. The third-order valence-corrected chi connectivity index (χ3v) is 8.07. The number of carbonyl (C=O) groups is 2. The van der Waals surface area contributed by atoms with Gasteiger partial charge in [0, 0.05) is 28.6 Å². The minimum Gasteiger partial charge on any atom is -0.480 e. The molecule has 0 saturated heterocycles. The van der Waals surface area contributed by atoms with Gasteiger partial charge in [0.1, 0.15) is 6.04 Å². The number of sulfonamides is 1. The van der Waals surface area contributed by atoms with Crippen LogP contribution in [0, 0.1) is 6.92 Å². The summed E-state index contributed by atoms with van der Waals surface area (Å²) in [6, 6.07) is 25.1. The normalized spacial score (nSPS) is 12.1. The molecule has 40 heavy (non-hydrogen) atoms. The van der Waals surface area contributed by atoms with Crippen LogP contribution in [0.1, 0.15) is 27.0 Å². The highest BCUT2D eigenvalue weighted by molar-refractivity contribution is 7.89. The van der Waals surface area contributed by atoms with Gasteiger partial charge in [-0.25, -0.2) is 17.9 Å². The smallest absolute Gasteiger partial charge is 0.326 e. The van der Waals surface area contributed by atoms with Crippen LogP contribution in [0.4, 0.5) is 0 Å². The molecule has 4 aromatic carbocycles. The van der Waals surface area contributed by atoms with Crippen LogP contribution in [0.15, 0.2) is 95.9 Å². The molecule has 0 bridgehead atoms. The summed E-state index contributed by atoms with van der Waals surface area (Å²) in [6.07, 6.45) is 0.114. The van der Waals surface area contributed by atoms with Crippen molar-refractivity contribution in [2.24, 2.45) is 0 Å². The largest absolute Gasteiger partial charge is 0.480 e. The van der Waals surface area contributed by atoms with E-state index in [2.05, 4.69) is 10.0 Å². The summed E-state index contributed by atoms with van der Waals surface area (Å²) in [5.41, 5.74) is 4.30. The maximum atomic E-state index is 13.0. The molecule has 4 aromatic rings. The number of aliphatic carboxylic acids is 1. The summed E-state index contributed by atoms with van der Waals surface area (Å²) in [6.45, 7) is 1.66. The molecule has 4 rings (SSSR count). The maximum absolute atomic E-state index is 13.0. The Balaban J connectivity index is 1.41. The van der Waals surface area contributed by atoms with Crippen LogP contribution in [0.25, 0.3) is 11.1 Å². The quantitative estimate of drug-likeness (QED) is 0.212. The lowest BCUT2D eigenvalue weighted by atomic mass is 10.00. The molecule has 0 aliphatic carbocycles. The molecule has 10 heteroatoms. The Morgan fingerprint density at radius 2 is 1.43 bits per heavy atom. The van der Waals surface area contributed by atoms with Crippen molar-refractivity contribution in [2.45, 2.75) is 30.8 Å². The van der Waals surface area contributed by atoms with Crippen LogP contribution < -0.4 is 10.0 Å². The molecule has 0 saturated carbocycles. The first-order chi connectivity index (χ1) is 19.0. The molecule has 0 aromatic heterocycles. The number of carboxylic acid groups (broad SMARTS) is 1. The number of hydrogen-bond donors (Lipinski definition) is 3. The van der Waals surface area contributed by atoms with Gasteiger partial charge in [0.25, 0.3) is 5.91 Å². The Hall–Kier alpha value is -3.69. The molecular formula is C30H26Cl2N2O5S. The van der Waals surface area contributed by atoms with Gasteiger partial charge in [0.15, 0.2) is 0 Å². The topological polar surface area (TPSA) is 113 Å². The van der Waals surface area contributed by atoms with Gasteiger partial charge in [-0.15, -0.1) is 0 Å². The predicted molar refractivity (Wildman–Crippen MR) is 156 cm³/mol. The van der Waals surface area contributed by atoms with Gasteiger partial charge < -0.3 is 10.4 Å². The Morgan fingerprint density at radius 1 is 0.825 bits per heavy atom. The summed E-state index contributed by atoms with van der Waals surface area (Å²) in [5.74, 6) is -1.68. The number of hydrogen-bond acceptors (Lipinski definition) is 4. The first-order valence-corrected chi connectivity index (χ1v) is 14.5. The third-order valence-electron chi connectivity index (χ3n) is 6.25. The number of aryl methyl sites for hydroxylation is 1. The highest BCUT2D eigenvalue weighted by atomic mass is 35.5. The molecule has 0 radical (unpaired) electrons. The van der Waals surface area contributed by atoms with Crippen LogP contribution in [0.2, 0.25) is 10.0 Å². The second kappa shape index (κ2) is 12.7. The van der Waals surface area contributed by atoms with E-state index in [4.69, 9.17) is 23.2 Å². The fraction of sp³-hybridized carbons (Fsp3) is 0.133. The molecule has 1 amide bonds. The highest BCUT2D eigenvalue weighted by Gasteiger charge is 2.22. The number of amides is 1. The number of nitrogens with one attached hydrogen (secondary N) is 2. The van der Waals surface area contributed by atoms with Gasteiger partial charge >= 0.3 is 5.97 Å². The average molecular weight is 598 g/mol. The Morgan fingerprint density at radius 3 is 2.02 bits per heavy atom. The van der Waals surface area contributed by atoms with Crippen molar-refractivity contribution in [3.63, 3.8) is 0 Å². The van der Waals surface area contributed by atoms with E-state index in [-0.39, 0.29) is 27.9 Å². The van der Waals surface area contributed by atoms with Crippen molar-refractivity contribution < 1.29 is 23.1 Å². The van der Waals surface area contributed by atoms with Gasteiger partial charge in [0.2, 0.25) is 10.0 Å². The van der Waals surface area contributed by atoms with E-state index < -0.39 is 27.9 Å². The zero-order chi connectivity index (χ0) is 28.9. The highest BCUT2D eigenvalue weighted by Crippen LogP contribution is 2.23. The molecule has 0 aliphatic rings. The Kier molecular flexibility index (Phi) is 9.27. The molecule has 0 heterocycles. The van der Waals surface area contributed by atoms with Crippen molar-refractivity contribution in [3.05, 3.63) is 123 Å². The van der Waals surface area contributed by atoms with E-state index in [9.17, 15) is 23.1 Å². The van der Waals surface area contributed by atoms with Crippen LogP contribution >= 0.6 is 23.2 Å². The molecule has 3 N–H and O–H groups in total. The molecule has 0 spiro atoms. The number of rotatable bonds is 10. The summed E-state index contributed by atoms with van der Waals surface area (Å²) >= 11 is 11.8. The predicted octanol–water partition coefficient (Wildman–Crippen LogP) is 5.87. The van der Waals surface area contributed by atoms with Crippen molar-refractivity contribution in [1.29, 1.82) is 0 Å². The first kappa shape index (κ1) is 29.3. The summed E-state index contributed by atoms with van der Waals surface area (Å²) < 4.78 is 27.8. The first-order valence-electron chi connectivity index (χ1n) is 12.2. The maximum Gasteiger partial charge on any atom is 0.326 e. The van der Waals surface area contributed by atoms with Crippen LogP contribution in [-0.2, 0) is 27.8 Å². The number of halogens is 2. The van der Waals surface area contributed by atoms with E-state index in [0.717, 1.165) is 16.7 Å². The standard InChI is InChI=1S/C30H26Cl2N2O5S/c1-19-13-21(18-33-40(38,39)26-16-24(31)15-25(32)17-26)9-12-27(19)29(35)34-28(30(36)37)14-20-7-10-23(11-8-20)22-5-3-2-4-6-22/h2-13,15-17,28,33H,14,18H2,1H3,(H,34,35)(H,36,37)/t28-/m0/s1. The minimum absolute atomic E-state index is 0.0358. The number of carbonyl (C=O) groups excluding carboxylic acids is 1. The summed E-state index contributed by atoms with van der Waals surface area (Å²) in [7, 11) is -3.88.